The van der Waals surface area contributed by atoms with Gasteiger partial charge in [0.25, 0.3) is 0 Å². The molecule has 0 aromatic carbocycles. The lowest BCUT2D eigenvalue weighted by molar-refractivity contribution is -0.141. The van der Waals surface area contributed by atoms with Crippen molar-refractivity contribution in [3.05, 3.63) is 0 Å². The number of fused-ring (bicyclic) bond motifs is 1. The van der Waals surface area contributed by atoms with Crippen molar-refractivity contribution in [2.45, 2.75) is 37.9 Å². The van der Waals surface area contributed by atoms with Crippen molar-refractivity contribution in [1.82, 2.24) is 0 Å². The molecule has 3 heteroatoms. The first-order chi connectivity index (χ1) is 6.18. The molecule has 0 spiro atoms. The Morgan fingerprint density at radius 3 is 3.08 bits per heavy atom. The van der Waals surface area contributed by atoms with Gasteiger partial charge in [-0.15, -0.1) is 0 Å². The minimum atomic E-state index is -0.578. The molecule has 74 valence electrons. The van der Waals surface area contributed by atoms with Crippen LogP contribution in [0.3, 0.4) is 0 Å². The van der Waals surface area contributed by atoms with Crippen molar-refractivity contribution in [3.8, 4) is 0 Å². The lowest BCUT2D eigenvalue weighted by atomic mass is 9.86. The van der Waals surface area contributed by atoms with Crippen molar-refractivity contribution in [2.75, 3.05) is 13.7 Å². The highest BCUT2D eigenvalue weighted by molar-refractivity contribution is 5.90. The quantitative estimate of drug-likeness (QED) is 0.613. The summed E-state index contributed by atoms with van der Waals surface area (Å²) < 4.78 is 10.9. The number of hydrogen-bond donors (Lipinski definition) is 0. The van der Waals surface area contributed by atoms with Crippen LogP contribution >= 0.6 is 0 Å². The van der Waals surface area contributed by atoms with Crippen molar-refractivity contribution >= 4 is 5.78 Å². The van der Waals surface area contributed by atoms with Gasteiger partial charge in [0, 0.05) is 26.1 Å². The van der Waals surface area contributed by atoms with Gasteiger partial charge >= 0.3 is 0 Å². The lowest BCUT2D eigenvalue weighted by Gasteiger charge is -2.34. The van der Waals surface area contributed by atoms with Gasteiger partial charge in [-0.05, 0) is 19.8 Å². The summed E-state index contributed by atoms with van der Waals surface area (Å²) in [7, 11) is 1.62. The van der Waals surface area contributed by atoms with Crippen LogP contribution in [0, 0.1) is 5.92 Å². The fourth-order valence-corrected chi connectivity index (χ4v) is 2.53. The average molecular weight is 184 g/mol. The number of ether oxygens (including phenoxy) is 2. The van der Waals surface area contributed by atoms with E-state index in [9.17, 15) is 4.79 Å². The van der Waals surface area contributed by atoms with Crippen LogP contribution in [0.1, 0.15) is 26.2 Å². The molecule has 2 aliphatic rings. The Kier molecular flexibility index (Phi) is 2.16. The van der Waals surface area contributed by atoms with Gasteiger partial charge in [-0.25, -0.2) is 0 Å². The Bertz CT molecular complexity index is 226. The molecule has 0 aromatic rings. The summed E-state index contributed by atoms with van der Waals surface area (Å²) in [6.45, 7) is 2.70. The van der Waals surface area contributed by atoms with Crippen LogP contribution in [0.2, 0.25) is 0 Å². The maximum Gasteiger partial charge on any atom is 0.167 e. The molecule has 1 aliphatic carbocycles. The normalized spacial score (nSPS) is 44.9. The maximum absolute atomic E-state index is 11.7. The van der Waals surface area contributed by atoms with E-state index in [0.29, 0.717) is 6.42 Å². The minimum Gasteiger partial charge on any atom is -0.377 e. The standard InChI is InChI=1S/C10H16O3/c1-10(12-2)7-4-3-5-13-8(7)6-9(10)11/h7-8H,3-6H2,1-2H3. The van der Waals surface area contributed by atoms with E-state index in [0.717, 1.165) is 19.4 Å². The zero-order valence-electron chi connectivity index (χ0n) is 8.21. The molecule has 0 bridgehead atoms. The number of carbonyl (C=O) groups is 1. The molecule has 0 amide bonds. The van der Waals surface area contributed by atoms with Crippen LogP contribution in [0.15, 0.2) is 0 Å². The first-order valence-electron chi connectivity index (χ1n) is 4.88. The minimum absolute atomic E-state index is 0.117. The van der Waals surface area contributed by atoms with Gasteiger partial charge in [0.15, 0.2) is 5.78 Å². The second kappa shape index (κ2) is 3.07. The SMILES string of the molecule is COC1(C)C(=O)CC2OCCCC21. The molecule has 1 heterocycles. The summed E-state index contributed by atoms with van der Waals surface area (Å²) in [4.78, 5) is 11.7. The van der Waals surface area contributed by atoms with E-state index in [1.165, 1.54) is 0 Å². The summed E-state index contributed by atoms with van der Waals surface area (Å²) in [6.07, 6.45) is 2.76. The van der Waals surface area contributed by atoms with Crippen LogP contribution in [0.4, 0.5) is 0 Å². The van der Waals surface area contributed by atoms with Gasteiger partial charge in [-0.1, -0.05) is 0 Å². The van der Waals surface area contributed by atoms with Crippen LogP contribution in [0.25, 0.3) is 0 Å². The van der Waals surface area contributed by atoms with E-state index in [2.05, 4.69) is 0 Å². The first kappa shape index (κ1) is 9.16. The van der Waals surface area contributed by atoms with Gasteiger partial charge in [-0.2, -0.15) is 0 Å². The Hall–Kier alpha value is -0.410. The zero-order chi connectivity index (χ0) is 9.47. The third kappa shape index (κ3) is 1.22. The third-order valence-electron chi connectivity index (χ3n) is 3.51. The topological polar surface area (TPSA) is 35.5 Å². The van der Waals surface area contributed by atoms with Crippen molar-refractivity contribution in [3.63, 3.8) is 0 Å². The van der Waals surface area contributed by atoms with E-state index >= 15 is 0 Å². The van der Waals surface area contributed by atoms with Crippen LogP contribution in [0.5, 0.6) is 0 Å². The number of carbonyl (C=O) groups excluding carboxylic acids is 1. The molecule has 1 saturated carbocycles. The molecule has 1 aliphatic heterocycles. The van der Waals surface area contributed by atoms with Crippen molar-refractivity contribution in [2.24, 2.45) is 5.92 Å². The average Bonchev–Trinajstić information content (AvgIpc) is 2.41. The van der Waals surface area contributed by atoms with E-state index in [-0.39, 0.29) is 17.8 Å². The molecule has 2 rings (SSSR count). The lowest BCUT2D eigenvalue weighted by Crippen LogP contribution is -2.42. The zero-order valence-corrected chi connectivity index (χ0v) is 8.21. The Balaban J connectivity index is 2.23. The molecule has 3 unspecified atom stereocenters. The van der Waals surface area contributed by atoms with Gasteiger partial charge in [-0.3, -0.25) is 4.79 Å². The van der Waals surface area contributed by atoms with Crippen LogP contribution in [-0.4, -0.2) is 31.2 Å². The summed E-state index contributed by atoms with van der Waals surface area (Å²) in [5.41, 5.74) is -0.578. The molecule has 3 nitrogen and oxygen atoms in total. The number of Topliss-reactive ketones (excluding diaryl/α,β-unsaturated/α-hetero) is 1. The summed E-state index contributed by atoms with van der Waals surface area (Å²) >= 11 is 0. The second-order valence-corrected chi connectivity index (χ2v) is 4.10. The highest BCUT2D eigenvalue weighted by Gasteiger charge is 2.53. The molecule has 13 heavy (non-hydrogen) atoms. The van der Waals surface area contributed by atoms with Crippen molar-refractivity contribution in [1.29, 1.82) is 0 Å². The number of rotatable bonds is 1. The third-order valence-corrected chi connectivity index (χ3v) is 3.51. The van der Waals surface area contributed by atoms with Crippen LogP contribution in [-0.2, 0) is 14.3 Å². The highest BCUT2D eigenvalue weighted by Crippen LogP contribution is 2.42. The fourth-order valence-electron chi connectivity index (χ4n) is 2.53. The van der Waals surface area contributed by atoms with E-state index in [1.54, 1.807) is 7.11 Å². The summed E-state index contributed by atoms with van der Waals surface area (Å²) in [6, 6.07) is 0. The van der Waals surface area contributed by atoms with Crippen molar-refractivity contribution < 1.29 is 14.3 Å². The predicted molar refractivity (Wildman–Crippen MR) is 47.5 cm³/mol. The summed E-state index contributed by atoms with van der Waals surface area (Å²) in [5.74, 6) is 0.477. The molecular formula is C10H16O3. The molecule has 0 radical (unpaired) electrons. The Morgan fingerprint density at radius 2 is 2.38 bits per heavy atom. The summed E-state index contributed by atoms with van der Waals surface area (Å²) in [5, 5.41) is 0. The predicted octanol–water partition coefficient (Wildman–Crippen LogP) is 1.16. The second-order valence-electron chi connectivity index (χ2n) is 4.10. The van der Waals surface area contributed by atoms with Gasteiger partial charge in [0.1, 0.15) is 5.60 Å². The Morgan fingerprint density at radius 1 is 1.62 bits per heavy atom. The highest BCUT2D eigenvalue weighted by atomic mass is 16.5. The van der Waals surface area contributed by atoms with Crippen LogP contribution < -0.4 is 0 Å². The number of methoxy groups -OCH3 is 1. The smallest absolute Gasteiger partial charge is 0.167 e. The Labute approximate surface area is 78.4 Å². The molecule has 1 saturated heterocycles. The number of ketones is 1. The first-order valence-corrected chi connectivity index (χ1v) is 4.88. The molecule has 3 atom stereocenters. The molecule has 2 fully saturated rings. The molecule has 0 aromatic heterocycles. The maximum atomic E-state index is 11.7. The van der Waals surface area contributed by atoms with Gasteiger partial charge < -0.3 is 9.47 Å². The fraction of sp³-hybridized carbons (Fsp3) is 0.900. The van der Waals surface area contributed by atoms with E-state index < -0.39 is 5.60 Å². The monoisotopic (exact) mass is 184 g/mol. The molecule has 0 N–H and O–H groups in total. The van der Waals surface area contributed by atoms with Gasteiger partial charge in [0.2, 0.25) is 0 Å². The number of hydrogen-bond acceptors (Lipinski definition) is 3. The van der Waals surface area contributed by atoms with E-state index in [1.807, 2.05) is 6.92 Å². The largest absolute Gasteiger partial charge is 0.377 e. The van der Waals surface area contributed by atoms with E-state index in [4.69, 9.17) is 9.47 Å². The van der Waals surface area contributed by atoms with Gasteiger partial charge in [0.05, 0.1) is 6.10 Å². The molecular weight excluding hydrogens is 168 g/mol.